The van der Waals surface area contributed by atoms with Gasteiger partial charge in [-0.15, -0.1) is 0 Å². The molecule has 0 radical (unpaired) electrons. The van der Waals surface area contributed by atoms with Crippen LogP contribution < -0.4 is 9.47 Å². The summed E-state index contributed by atoms with van der Waals surface area (Å²) < 4.78 is 10.9. The molecule has 0 fully saturated rings. The number of hydrogen-bond donors (Lipinski definition) is 0. The Morgan fingerprint density at radius 2 is 2.00 bits per heavy atom. The summed E-state index contributed by atoms with van der Waals surface area (Å²) in [6.45, 7) is 8.55. The van der Waals surface area contributed by atoms with E-state index >= 15 is 0 Å². The first-order valence-corrected chi connectivity index (χ1v) is 7.66. The summed E-state index contributed by atoms with van der Waals surface area (Å²) in [6, 6.07) is 7.91. The predicted octanol–water partition coefficient (Wildman–Crippen LogP) is 3.78. The van der Waals surface area contributed by atoms with Crippen LogP contribution in [-0.2, 0) is 0 Å². The number of benzene rings is 1. The van der Waals surface area contributed by atoms with Gasteiger partial charge in [-0.25, -0.2) is 0 Å². The number of unbranched alkanes of at least 4 members (excludes halogenated alkanes) is 1. The largest absolute Gasteiger partial charge is 0.493 e. The van der Waals surface area contributed by atoms with Crippen LogP contribution in [0.15, 0.2) is 18.2 Å². The molecule has 1 aromatic carbocycles. The number of rotatable bonds is 9. The molecular weight excluding hydrogens is 264 g/mol. The van der Waals surface area contributed by atoms with Crippen LogP contribution in [0.3, 0.4) is 0 Å². The fraction of sp³-hybridized carbons (Fsp3) is 0.588. The molecule has 0 bridgehead atoms. The fourth-order valence-corrected chi connectivity index (χ4v) is 2.33. The zero-order valence-electron chi connectivity index (χ0n) is 13.6. The number of methoxy groups -OCH3 is 1. The van der Waals surface area contributed by atoms with Gasteiger partial charge < -0.3 is 9.47 Å². The summed E-state index contributed by atoms with van der Waals surface area (Å²) in [6.07, 6.45) is 2.22. The highest BCUT2D eigenvalue weighted by atomic mass is 16.5. The Morgan fingerprint density at radius 3 is 2.52 bits per heavy atom. The molecule has 0 saturated carbocycles. The van der Waals surface area contributed by atoms with Gasteiger partial charge in [-0.05, 0) is 44.1 Å². The van der Waals surface area contributed by atoms with Gasteiger partial charge in [0, 0.05) is 0 Å². The first-order chi connectivity index (χ1) is 10.2. The molecule has 4 nitrogen and oxygen atoms in total. The molecular formula is C17H26N2O2. The van der Waals surface area contributed by atoms with Gasteiger partial charge in [0.05, 0.1) is 19.8 Å². The molecule has 0 N–H and O–H groups in total. The van der Waals surface area contributed by atoms with Gasteiger partial charge in [0.15, 0.2) is 11.5 Å². The molecule has 0 aliphatic heterocycles. The molecule has 0 saturated heterocycles. The third-order valence-corrected chi connectivity index (χ3v) is 3.50. The molecule has 1 atom stereocenters. The first-order valence-electron chi connectivity index (χ1n) is 7.66. The third-order valence-electron chi connectivity index (χ3n) is 3.50. The van der Waals surface area contributed by atoms with Gasteiger partial charge in [0.1, 0.15) is 6.04 Å². The van der Waals surface area contributed by atoms with Crippen LogP contribution in [0.2, 0.25) is 0 Å². The molecule has 21 heavy (non-hydrogen) atoms. The van der Waals surface area contributed by atoms with Crippen LogP contribution >= 0.6 is 0 Å². The maximum absolute atomic E-state index is 9.56. The maximum atomic E-state index is 9.56. The minimum Gasteiger partial charge on any atom is -0.493 e. The normalized spacial score (nSPS) is 12.0. The van der Waals surface area contributed by atoms with Gasteiger partial charge in [0.25, 0.3) is 0 Å². The van der Waals surface area contributed by atoms with Crippen molar-refractivity contribution in [2.45, 2.75) is 39.7 Å². The Balaban J connectivity index is 3.04. The molecule has 1 rings (SSSR count). The SMILES string of the molecule is CCCCN(CC)C(C#N)c1ccc(OC)c(OCC)c1. The Morgan fingerprint density at radius 1 is 1.24 bits per heavy atom. The Kier molecular flexibility index (Phi) is 7.63. The van der Waals surface area contributed by atoms with Crippen molar-refractivity contribution in [2.75, 3.05) is 26.8 Å². The average molecular weight is 290 g/mol. The van der Waals surface area contributed by atoms with Crippen molar-refractivity contribution in [1.82, 2.24) is 4.90 Å². The second kappa shape index (κ2) is 9.25. The van der Waals surface area contributed by atoms with Crippen LogP contribution in [0.1, 0.15) is 45.2 Å². The van der Waals surface area contributed by atoms with Crippen molar-refractivity contribution in [3.8, 4) is 17.6 Å². The van der Waals surface area contributed by atoms with E-state index in [4.69, 9.17) is 9.47 Å². The molecule has 116 valence electrons. The summed E-state index contributed by atoms with van der Waals surface area (Å²) >= 11 is 0. The van der Waals surface area contributed by atoms with E-state index in [-0.39, 0.29) is 6.04 Å². The highest BCUT2D eigenvalue weighted by Gasteiger charge is 2.20. The highest BCUT2D eigenvalue weighted by Crippen LogP contribution is 2.32. The van der Waals surface area contributed by atoms with E-state index in [9.17, 15) is 5.26 Å². The van der Waals surface area contributed by atoms with Crippen LogP contribution in [0.25, 0.3) is 0 Å². The van der Waals surface area contributed by atoms with Gasteiger partial charge >= 0.3 is 0 Å². The molecule has 0 heterocycles. The van der Waals surface area contributed by atoms with Crippen molar-refractivity contribution in [3.63, 3.8) is 0 Å². The highest BCUT2D eigenvalue weighted by molar-refractivity contribution is 5.44. The molecule has 1 unspecified atom stereocenters. The van der Waals surface area contributed by atoms with Gasteiger partial charge in [0.2, 0.25) is 0 Å². The van der Waals surface area contributed by atoms with Crippen LogP contribution in [0.4, 0.5) is 0 Å². The molecule has 0 spiro atoms. The lowest BCUT2D eigenvalue weighted by Gasteiger charge is -2.26. The summed E-state index contributed by atoms with van der Waals surface area (Å²) in [5.74, 6) is 1.40. The smallest absolute Gasteiger partial charge is 0.161 e. The third kappa shape index (κ3) is 4.64. The minimum atomic E-state index is -0.244. The number of ether oxygens (including phenoxy) is 2. The van der Waals surface area contributed by atoms with Crippen LogP contribution in [0.5, 0.6) is 11.5 Å². The molecule has 0 amide bonds. The van der Waals surface area contributed by atoms with Crippen LogP contribution in [0, 0.1) is 11.3 Å². The van der Waals surface area contributed by atoms with E-state index in [0.29, 0.717) is 18.1 Å². The first kappa shape index (κ1) is 17.3. The standard InChI is InChI=1S/C17H26N2O2/c1-5-8-11-19(6-2)15(13-18)14-9-10-16(20-4)17(12-14)21-7-3/h9-10,12,15H,5-8,11H2,1-4H3. The summed E-state index contributed by atoms with van der Waals surface area (Å²) in [5.41, 5.74) is 0.958. The summed E-state index contributed by atoms with van der Waals surface area (Å²) in [7, 11) is 1.62. The van der Waals surface area contributed by atoms with Gasteiger partial charge in [-0.3, -0.25) is 4.90 Å². The zero-order chi connectivity index (χ0) is 15.7. The second-order valence-electron chi connectivity index (χ2n) is 4.86. The quantitative estimate of drug-likeness (QED) is 0.694. The van der Waals surface area contributed by atoms with Crippen molar-refractivity contribution >= 4 is 0 Å². The van der Waals surface area contributed by atoms with Crippen LogP contribution in [-0.4, -0.2) is 31.7 Å². The van der Waals surface area contributed by atoms with Crippen molar-refractivity contribution in [3.05, 3.63) is 23.8 Å². The molecule has 0 aliphatic carbocycles. The molecule has 0 aromatic heterocycles. The second-order valence-corrected chi connectivity index (χ2v) is 4.86. The topological polar surface area (TPSA) is 45.5 Å². The summed E-state index contributed by atoms with van der Waals surface area (Å²) in [5, 5.41) is 9.56. The predicted molar refractivity (Wildman–Crippen MR) is 84.7 cm³/mol. The monoisotopic (exact) mass is 290 g/mol. The fourth-order valence-electron chi connectivity index (χ4n) is 2.33. The Bertz CT molecular complexity index is 468. The van der Waals surface area contributed by atoms with Gasteiger partial charge in [-0.2, -0.15) is 5.26 Å². The van der Waals surface area contributed by atoms with Crippen molar-refractivity contribution < 1.29 is 9.47 Å². The number of nitrogens with zero attached hydrogens (tertiary/aromatic N) is 2. The zero-order valence-corrected chi connectivity index (χ0v) is 13.6. The van der Waals surface area contributed by atoms with E-state index in [1.807, 2.05) is 25.1 Å². The van der Waals surface area contributed by atoms with E-state index in [0.717, 1.165) is 31.5 Å². The van der Waals surface area contributed by atoms with Gasteiger partial charge in [-0.1, -0.05) is 26.3 Å². The lowest BCUT2D eigenvalue weighted by molar-refractivity contribution is 0.243. The number of hydrogen-bond acceptors (Lipinski definition) is 4. The van der Waals surface area contributed by atoms with Crippen molar-refractivity contribution in [2.24, 2.45) is 0 Å². The van der Waals surface area contributed by atoms with E-state index in [1.165, 1.54) is 0 Å². The van der Waals surface area contributed by atoms with E-state index in [1.54, 1.807) is 7.11 Å². The summed E-state index contributed by atoms with van der Waals surface area (Å²) in [4.78, 5) is 2.20. The minimum absolute atomic E-state index is 0.244. The van der Waals surface area contributed by atoms with E-state index < -0.39 is 0 Å². The lowest BCUT2D eigenvalue weighted by Crippen LogP contribution is -2.28. The Labute approximate surface area is 128 Å². The maximum Gasteiger partial charge on any atom is 0.161 e. The molecule has 4 heteroatoms. The van der Waals surface area contributed by atoms with Crippen molar-refractivity contribution in [1.29, 1.82) is 5.26 Å². The van der Waals surface area contributed by atoms with E-state index in [2.05, 4.69) is 24.8 Å². The average Bonchev–Trinajstić information content (AvgIpc) is 2.51. The number of nitriles is 1. The molecule has 0 aliphatic rings. The lowest BCUT2D eigenvalue weighted by atomic mass is 10.1. The Hall–Kier alpha value is -1.73. The molecule has 1 aromatic rings.